The second kappa shape index (κ2) is 7.20. The number of nitro benzene ring substituents is 1. The molecule has 2 rings (SSSR count). The van der Waals surface area contributed by atoms with Gasteiger partial charge in [-0.2, -0.15) is 5.10 Å². The summed E-state index contributed by atoms with van der Waals surface area (Å²) in [4.78, 5) is 10.1. The van der Waals surface area contributed by atoms with E-state index in [4.69, 9.17) is 5.14 Å². The zero-order valence-corrected chi connectivity index (χ0v) is 13.7. The molecule has 0 aliphatic rings. The molecule has 2 aromatic carbocycles. The summed E-state index contributed by atoms with van der Waals surface area (Å²) in [6.07, 6.45) is 0.611. The fraction of sp³-hybridized carbons (Fsp3) is 0.133. The number of hydrogen-bond donors (Lipinski definition) is 2. The topological polar surface area (TPSA) is 128 Å². The van der Waals surface area contributed by atoms with Gasteiger partial charge in [-0.05, 0) is 24.1 Å². The van der Waals surface area contributed by atoms with Crippen molar-refractivity contribution in [2.75, 3.05) is 5.43 Å². The predicted molar refractivity (Wildman–Crippen MR) is 91.4 cm³/mol. The molecule has 0 bridgehead atoms. The van der Waals surface area contributed by atoms with E-state index < -0.39 is 20.6 Å². The Morgan fingerprint density at radius 2 is 1.92 bits per heavy atom. The van der Waals surface area contributed by atoms with E-state index in [2.05, 4.69) is 10.5 Å². The third-order valence-electron chi connectivity index (χ3n) is 3.25. The highest BCUT2D eigenvalue weighted by molar-refractivity contribution is 7.89. The number of nitrogens with two attached hydrogens (primary N) is 1. The van der Waals surface area contributed by atoms with Crippen LogP contribution in [0.5, 0.6) is 0 Å². The second-order valence-electron chi connectivity index (χ2n) is 4.87. The number of benzene rings is 2. The van der Waals surface area contributed by atoms with Gasteiger partial charge < -0.3 is 0 Å². The van der Waals surface area contributed by atoms with Gasteiger partial charge in [0.1, 0.15) is 5.69 Å². The minimum Gasteiger partial charge on any atom is -0.271 e. The van der Waals surface area contributed by atoms with Crippen LogP contribution in [0.3, 0.4) is 0 Å². The fourth-order valence-corrected chi connectivity index (χ4v) is 2.57. The molecular formula is C15H16N4O4S. The van der Waals surface area contributed by atoms with Gasteiger partial charge in [0.2, 0.25) is 10.0 Å². The van der Waals surface area contributed by atoms with Gasteiger partial charge in [0, 0.05) is 6.07 Å². The van der Waals surface area contributed by atoms with Crippen molar-refractivity contribution < 1.29 is 13.3 Å². The molecule has 126 valence electrons. The van der Waals surface area contributed by atoms with Gasteiger partial charge in [-0.25, -0.2) is 13.6 Å². The van der Waals surface area contributed by atoms with Crippen LogP contribution < -0.4 is 10.6 Å². The Balaban J connectivity index is 2.39. The van der Waals surface area contributed by atoms with Gasteiger partial charge in [0.05, 0.1) is 15.5 Å². The van der Waals surface area contributed by atoms with Gasteiger partial charge >= 0.3 is 0 Å². The van der Waals surface area contributed by atoms with Crippen molar-refractivity contribution in [1.82, 2.24) is 0 Å². The van der Waals surface area contributed by atoms with E-state index in [1.165, 1.54) is 12.1 Å². The second-order valence-corrected chi connectivity index (χ2v) is 6.43. The first-order valence-corrected chi connectivity index (χ1v) is 8.56. The third kappa shape index (κ3) is 4.15. The number of hydrazone groups is 1. The average molecular weight is 348 g/mol. The highest BCUT2D eigenvalue weighted by atomic mass is 32.2. The Hall–Kier alpha value is -2.78. The van der Waals surface area contributed by atoms with Gasteiger partial charge in [0.25, 0.3) is 5.69 Å². The molecule has 9 heteroatoms. The lowest BCUT2D eigenvalue weighted by Crippen LogP contribution is -2.12. The van der Waals surface area contributed by atoms with E-state index in [1.807, 2.05) is 37.3 Å². The molecule has 0 radical (unpaired) electrons. The third-order valence-corrected chi connectivity index (χ3v) is 4.16. The quantitative estimate of drug-likeness (QED) is 0.471. The van der Waals surface area contributed by atoms with Crippen molar-refractivity contribution in [3.05, 3.63) is 64.2 Å². The lowest BCUT2D eigenvalue weighted by Gasteiger charge is -2.07. The number of nitrogens with one attached hydrogen (secondary N) is 1. The largest absolute Gasteiger partial charge is 0.295 e. The first-order valence-electron chi connectivity index (χ1n) is 7.02. The molecule has 8 nitrogen and oxygen atoms in total. The molecular weight excluding hydrogens is 332 g/mol. The van der Waals surface area contributed by atoms with E-state index in [1.54, 1.807) is 0 Å². The predicted octanol–water partition coefficient (Wildman–Crippen LogP) is 2.47. The Kier molecular flexibility index (Phi) is 5.27. The van der Waals surface area contributed by atoms with Crippen LogP contribution in [0.15, 0.2) is 58.5 Å². The lowest BCUT2D eigenvalue weighted by atomic mass is 10.1. The lowest BCUT2D eigenvalue weighted by molar-refractivity contribution is -0.384. The highest BCUT2D eigenvalue weighted by Crippen LogP contribution is 2.27. The molecule has 24 heavy (non-hydrogen) atoms. The maximum absolute atomic E-state index is 11.3. The number of nitrogens with zero attached hydrogens (tertiary/aromatic N) is 2. The van der Waals surface area contributed by atoms with Crippen molar-refractivity contribution in [3.8, 4) is 0 Å². The molecule has 0 heterocycles. The molecule has 0 aliphatic carbocycles. The van der Waals surface area contributed by atoms with Crippen LogP contribution >= 0.6 is 0 Å². The Bertz CT molecular complexity index is 880. The van der Waals surface area contributed by atoms with Crippen molar-refractivity contribution in [3.63, 3.8) is 0 Å². The van der Waals surface area contributed by atoms with E-state index in [9.17, 15) is 18.5 Å². The summed E-state index contributed by atoms with van der Waals surface area (Å²) in [5, 5.41) is 20.4. The number of anilines is 1. The molecule has 2 aromatic rings. The minimum atomic E-state index is -4.02. The monoisotopic (exact) mass is 348 g/mol. The smallest absolute Gasteiger partial charge is 0.271 e. The Morgan fingerprint density at radius 3 is 2.46 bits per heavy atom. The van der Waals surface area contributed by atoms with Gasteiger partial charge in [-0.3, -0.25) is 15.5 Å². The number of sulfonamides is 1. The summed E-state index contributed by atoms with van der Waals surface area (Å²) in [5.74, 6) is 0. The van der Waals surface area contributed by atoms with Crippen LogP contribution in [0.2, 0.25) is 0 Å². The van der Waals surface area contributed by atoms with Crippen LogP contribution in [0.4, 0.5) is 11.4 Å². The zero-order chi connectivity index (χ0) is 17.7. The van der Waals surface area contributed by atoms with E-state index >= 15 is 0 Å². The number of primary sulfonamides is 1. The molecule has 0 aliphatic heterocycles. The molecule has 3 N–H and O–H groups in total. The minimum absolute atomic E-state index is 0.0780. The van der Waals surface area contributed by atoms with E-state index in [0.29, 0.717) is 12.1 Å². The molecule has 0 unspecified atom stereocenters. The normalized spacial score (nSPS) is 12.0. The summed E-state index contributed by atoms with van der Waals surface area (Å²) in [6.45, 7) is 1.91. The standard InChI is InChI=1S/C15H16N4O4S/c1-2-13(11-6-4-3-5-7-11)17-18-14-9-8-12(24(16,22)23)10-15(14)19(20)21/h3-10,18H,2H2,1H3,(H2,16,22,23)/b17-13-. The van der Waals surface area contributed by atoms with Crippen molar-refractivity contribution in [2.45, 2.75) is 18.2 Å². The van der Waals surface area contributed by atoms with Crippen molar-refractivity contribution in [1.29, 1.82) is 0 Å². The van der Waals surface area contributed by atoms with Crippen LogP contribution in [-0.4, -0.2) is 19.1 Å². The van der Waals surface area contributed by atoms with E-state index in [-0.39, 0.29) is 10.6 Å². The van der Waals surface area contributed by atoms with Crippen LogP contribution in [0.1, 0.15) is 18.9 Å². The SMILES string of the molecule is CC/C(=N/Nc1ccc(S(N)(=O)=O)cc1[N+](=O)[O-])c1ccccc1. The molecule has 0 spiro atoms. The first-order chi connectivity index (χ1) is 11.3. The summed E-state index contributed by atoms with van der Waals surface area (Å²) in [5.41, 5.74) is 3.88. The molecule has 0 amide bonds. The molecule has 0 fully saturated rings. The number of rotatable bonds is 6. The average Bonchev–Trinajstić information content (AvgIpc) is 2.55. The van der Waals surface area contributed by atoms with Crippen LogP contribution in [0, 0.1) is 10.1 Å². The van der Waals surface area contributed by atoms with Crippen molar-refractivity contribution >= 4 is 27.1 Å². The molecule has 0 saturated carbocycles. The number of hydrogen-bond acceptors (Lipinski definition) is 6. The fourth-order valence-electron chi connectivity index (χ4n) is 2.04. The van der Waals surface area contributed by atoms with Gasteiger partial charge in [-0.1, -0.05) is 37.3 Å². The van der Waals surface area contributed by atoms with Crippen LogP contribution in [-0.2, 0) is 10.0 Å². The summed E-state index contributed by atoms with van der Waals surface area (Å²) in [6, 6.07) is 12.7. The molecule has 0 saturated heterocycles. The Labute approximate surface area is 139 Å². The van der Waals surface area contributed by atoms with Gasteiger partial charge in [-0.15, -0.1) is 0 Å². The maximum Gasteiger partial charge on any atom is 0.295 e. The number of nitro groups is 1. The zero-order valence-electron chi connectivity index (χ0n) is 12.8. The summed E-state index contributed by atoms with van der Waals surface area (Å²) >= 11 is 0. The molecule has 0 aromatic heterocycles. The van der Waals surface area contributed by atoms with Crippen LogP contribution in [0.25, 0.3) is 0 Å². The van der Waals surface area contributed by atoms with E-state index in [0.717, 1.165) is 11.6 Å². The Morgan fingerprint density at radius 1 is 1.25 bits per heavy atom. The highest BCUT2D eigenvalue weighted by Gasteiger charge is 2.19. The first kappa shape index (κ1) is 17.6. The maximum atomic E-state index is 11.3. The van der Waals surface area contributed by atoms with Gasteiger partial charge in [0.15, 0.2) is 0 Å². The molecule has 0 atom stereocenters. The summed E-state index contributed by atoms with van der Waals surface area (Å²) < 4.78 is 22.6. The van der Waals surface area contributed by atoms with Crippen molar-refractivity contribution in [2.24, 2.45) is 10.2 Å². The summed E-state index contributed by atoms with van der Waals surface area (Å²) in [7, 11) is -4.02.